The number of hydrogen-bond acceptors (Lipinski definition) is 3. The van der Waals surface area contributed by atoms with Crippen molar-refractivity contribution in [2.45, 2.75) is 32.7 Å². The van der Waals surface area contributed by atoms with Crippen molar-refractivity contribution in [1.82, 2.24) is 4.98 Å². The van der Waals surface area contributed by atoms with Crippen molar-refractivity contribution in [3.8, 4) is 0 Å². The summed E-state index contributed by atoms with van der Waals surface area (Å²) in [5.41, 5.74) is 5.65. The highest BCUT2D eigenvalue weighted by molar-refractivity contribution is 7.11. The summed E-state index contributed by atoms with van der Waals surface area (Å²) in [6.07, 6.45) is 3.92. The molecule has 0 spiro atoms. The van der Waals surface area contributed by atoms with Gasteiger partial charge in [0, 0.05) is 17.1 Å². The number of nitrogens with zero attached hydrogens (tertiary/aromatic N) is 1. The molecule has 1 heterocycles. The molecule has 0 saturated heterocycles. The Morgan fingerprint density at radius 3 is 2.91 bits per heavy atom. The number of nitrogens with two attached hydrogens (primary N) is 1. The van der Waals surface area contributed by atoms with Crippen LogP contribution in [0.5, 0.6) is 0 Å². The smallest absolute Gasteiger partial charge is 0.0924 e. The standard InChI is InChI=1S/C8H14N2S/c1-3-8-10-5-7(11-8)4-6(2)9/h5-6H,3-4,9H2,1-2H3. The fourth-order valence-electron chi connectivity index (χ4n) is 0.923. The molecular weight excluding hydrogens is 156 g/mol. The lowest BCUT2D eigenvalue weighted by Crippen LogP contribution is -2.16. The summed E-state index contributed by atoms with van der Waals surface area (Å²) in [7, 11) is 0. The zero-order valence-corrected chi connectivity index (χ0v) is 7.82. The Morgan fingerprint density at radius 2 is 2.45 bits per heavy atom. The minimum absolute atomic E-state index is 0.250. The van der Waals surface area contributed by atoms with Crippen LogP contribution >= 0.6 is 11.3 Å². The van der Waals surface area contributed by atoms with Crippen LogP contribution in [-0.4, -0.2) is 11.0 Å². The van der Waals surface area contributed by atoms with Crippen molar-refractivity contribution >= 4 is 11.3 Å². The summed E-state index contributed by atoms with van der Waals surface area (Å²) >= 11 is 1.77. The Morgan fingerprint density at radius 1 is 1.73 bits per heavy atom. The van der Waals surface area contributed by atoms with Gasteiger partial charge in [-0.3, -0.25) is 0 Å². The maximum Gasteiger partial charge on any atom is 0.0924 e. The van der Waals surface area contributed by atoms with E-state index in [1.807, 2.05) is 13.1 Å². The van der Waals surface area contributed by atoms with Crippen LogP contribution in [0.2, 0.25) is 0 Å². The lowest BCUT2D eigenvalue weighted by Gasteiger charge is -1.98. The molecule has 0 aliphatic heterocycles. The van der Waals surface area contributed by atoms with Crippen LogP contribution in [0.15, 0.2) is 6.20 Å². The van der Waals surface area contributed by atoms with E-state index in [0.29, 0.717) is 0 Å². The fourth-order valence-corrected chi connectivity index (χ4v) is 1.93. The highest BCUT2D eigenvalue weighted by atomic mass is 32.1. The van der Waals surface area contributed by atoms with E-state index in [0.717, 1.165) is 12.8 Å². The van der Waals surface area contributed by atoms with Crippen molar-refractivity contribution in [2.24, 2.45) is 5.73 Å². The first-order valence-corrected chi connectivity index (χ1v) is 4.73. The molecule has 2 nitrogen and oxygen atoms in total. The molecule has 0 bridgehead atoms. The Bertz CT molecular complexity index is 218. The monoisotopic (exact) mass is 170 g/mol. The average Bonchev–Trinajstić information content (AvgIpc) is 2.34. The third-order valence-electron chi connectivity index (χ3n) is 1.43. The molecule has 11 heavy (non-hydrogen) atoms. The van der Waals surface area contributed by atoms with Gasteiger partial charge in [0.05, 0.1) is 5.01 Å². The third kappa shape index (κ3) is 2.60. The van der Waals surface area contributed by atoms with Crippen LogP contribution in [-0.2, 0) is 12.8 Å². The average molecular weight is 170 g/mol. The topological polar surface area (TPSA) is 38.9 Å². The molecule has 0 saturated carbocycles. The number of aryl methyl sites for hydroxylation is 1. The third-order valence-corrected chi connectivity index (χ3v) is 2.59. The van der Waals surface area contributed by atoms with Gasteiger partial charge in [0.1, 0.15) is 0 Å². The molecule has 1 rings (SSSR count). The van der Waals surface area contributed by atoms with Gasteiger partial charge < -0.3 is 5.73 Å². The molecule has 0 aliphatic rings. The van der Waals surface area contributed by atoms with Crippen LogP contribution in [0.1, 0.15) is 23.7 Å². The lowest BCUT2D eigenvalue weighted by molar-refractivity contribution is 0.745. The zero-order chi connectivity index (χ0) is 8.27. The van der Waals surface area contributed by atoms with Gasteiger partial charge in [0.15, 0.2) is 0 Å². The minimum Gasteiger partial charge on any atom is -0.328 e. The Kier molecular flexibility index (Phi) is 3.02. The minimum atomic E-state index is 0.250. The van der Waals surface area contributed by atoms with Crippen LogP contribution in [0.25, 0.3) is 0 Å². The van der Waals surface area contributed by atoms with E-state index < -0.39 is 0 Å². The largest absolute Gasteiger partial charge is 0.328 e. The van der Waals surface area contributed by atoms with E-state index in [1.165, 1.54) is 9.88 Å². The number of aromatic nitrogens is 1. The van der Waals surface area contributed by atoms with Crippen molar-refractivity contribution in [3.05, 3.63) is 16.1 Å². The molecular formula is C8H14N2S. The maximum atomic E-state index is 5.65. The summed E-state index contributed by atoms with van der Waals surface area (Å²) in [6.45, 7) is 4.14. The fraction of sp³-hybridized carbons (Fsp3) is 0.625. The molecule has 0 aliphatic carbocycles. The van der Waals surface area contributed by atoms with Crippen LogP contribution in [0.4, 0.5) is 0 Å². The lowest BCUT2D eigenvalue weighted by atomic mass is 10.2. The van der Waals surface area contributed by atoms with E-state index >= 15 is 0 Å². The summed E-state index contributed by atoms with van der Waals surface area (Å²) in [5.74, 6) is 0. The maximum absolute atomic E-state index is 5.65. The van der Waals surface area contributed by atoms with E-state index in [-0.39, 0.29) is 6.04 Å². The molecule has 1 unspecified atom stereocenters. The molecule has 0 aromatic carbocycles. The van der Waals surface area contributed by atoms with Crippen LogP contribution in [0, 0.1) is 0 Å². The Balaban J connectivity index is 2.58. The van der Waals surface area contributed by atoms with Gasteiger partial charge in [-0.15, -0.1) is 11.3 Å². The molecule has 62 valence electrons. The molecule has 0 amide bonds. The molecule has 1 atom stereocenters. The summed E-state index contributed by atoms with van der Waals surface area (Å²) < 4.78 is 0. The second kappa shape index (κ2) is 3.83. The first-order chi connectivity index (χ1) is 5.22. The van der Waals surface area contributed by atoms with E-state index in [2.05, 4.69) is 11.9 Å². The molecule has 1 aromatic rings. The van der Waals surface area contributed by atoms with Gasteiger partial charge in [-0.25, -0.2) is 4.98 Å². The second-order valence-corrected chi connectivity index (χ2v) is 3.96. The predicted molar refractivity (Wildman–Crippen MR) is 48.8 cm³/mol. The van der Waals surface area contributed by atoms with Crippen LogP contribution < -0.4 is 5.73 Å². The van der Waals surface area contributed by atoms with Crippen molar-refractivity contribution < 1.29 is 0 Å². The molecule has 3 heteroatoms. The van der Waals surface area contributed by atoms with Crippen molar-refractivity contribution in [3.63, 3.8) is 0 Å². The van der Waals surface area contributed by atoms with Crippen molar-refractivity contribution in [2.75, 3.05) is 0 Å². The van der Waals surface area contributed by atoms with E-state index in [1.54, 1.807) is 11.3 Å². The van der Waals surface area contributed by atoms with E-state index in [9.17, 15) is 0 Å². The number of rotatable bonds is 3. The van der Waals surface area contributed by atoms with Crippen molar-refractivity contribution in [1.29, 1.82) is 0 Å². The van der Waals surface area contributed by atoms with Gasteiger partial charge >= 0.3 is 0 Å². The number of hydrogen-bond donors (Lipinski definition) is 1. The SMILES string of the molecule is CCc1ncc(CC(C)N)s1. The molecule has 1 aromatic heterocycles. The first kappa shape index (κ1) is 8.68. The molecule has 2 N–H and O–H groups in total. The summed E-state index contributed by atoms with van der Waals surface area (Å²) in [4.78, 5) is 5.55. The first-order valence-electron chi connectivity index (χ1n) is 3.91. The zero-order valence-electron chi connectivity index (χ0n) is 7.00. The Hall–Kier alpha value is -0.410. The quantitative estimate of drug-likeness (QED) is 0.748. The molecule has 0 radical (unpaired) electrons. The van der Waals surface area contributed by atoms with Gasteiger partial charge in [0.25, 0.3) is 0 Å². The Labute approximate surface area is 71.5 Å². The normalized spacial score (nSPS) is 13.4. The highest BCUT2D eigenvalue weighted by Crippen LogP contribution is 2.14. The van der Waals surface area contributed by atoms with E-state index in [4.69, 9.17) is 5.73 Å². The predicted octanol–water partition coefficient (Wildman–Crippen LogP) is 1.60. The summed E-state index contributed by atoms with van der Waals surface area (Å²) in [5, 5.41) is 1.21. The van der Waals surface area contributed by atoms with Gasteiger partial charge in [0.2, 0.25) is 0 Å². The van der Waals surface area contributed by atoms with Gasteiger partial charge in [-0.2, -0.15) is 0 Å². The van der Waals surface area contributed by atoms with Gasteiger partial charge in [-0.05, 0) is 19.8 Å². The molecule has 0 fully saturated rings. The summed E-state index contributed by atoms with van der Waals surface area (Å²) in [6, 6.07) is 0.250. The second-order valence-electron chi connectivity index (χ2n) is 2.76. The van der Waals surface area contributed by atoms with Crippen LogP contribution in [0.3, 0.4) is 0 Å². The highest BCUT2D eigenvalue weighted by Gasteiger charge is 2.01. The number of thiazole rings is 1. The van der Waals surface area contributed by atoms with Gasteiger partial charge in [-0.1, -0.05) is 6.92 Å².